The number of nitrogens with two attached hydrogens (primary N) is 1. The molecule has 5 rings (SSSR count). The first kappa shape index (κ1) is 30.3. The van der Waals surface area contributed by atoms with Crippen molar-refractivity contribution in [1.82, 2.24) is 19.9 Å². The minimum atomic E-state index is -0.752. The van der Waals surface area contributed by atoms with E-state index in [1.54, 1.807) is 43.5 Å². The number of allylic oxidation sites excluding steroid dienone is 1. The molecular weight excluding hydrogens is 554 g/mol. The van der Waals surface area contributed by atoms with Crippen molar-refractivity contribution >= 4 is 35.0 Å². The number of hydrogen-bond acceptors (Lipinski definition) is 8. The number of rotatable bonds is 8. The number of benzene rings is 1. The molecule has 2 saturated heterocycles. The number of anilines is 3. The highest BCUT2D eigenvalue weighted by atomic mass is 19.1. The third kappa shape index (κ3) is 6.75. The summed E-state index contributed by atoms with van der Waals surface area (Å²) in [6.45, 7) is 6.04. The van der Waals surface area contributed by atoms with E-state index in [1.165, 1.54) is 18.2 Å². The van der Waals surface area contributed by atoms with Gasteiger partial charge in [0.05, 0.1) is 46.8 Å². The zero-order valence-corrected chi connectivity index (χ0v) is 24.6. The van der Waals surface area contributed by atoms with E-state index in [1.807, 2.05) is 6.07 Å². The first-order valence-corrected chi connectivity index (χ1v) is 14.5. The molecule has 0 aliphatic carbocycles. The van der Waals surface area contributed by atoms with Crippen LogP contribution in [0.5, 0.6) is 0 Å². The highest BCUT2D eigenvalue weighted by molar-refractivity contribution is 6.09. The van der Waals surface area contributed by atoms with Crippen molar-refractivity contribution in [3.63, 3.8) is 0 Å². The van der Waals surface area contributed by atoms with Crippen molar-refractivity contribution in [2.45, 2.75) is 44.7 Å². The summed E-state index contributed by atoms with van der Waals surface area (Å²) in [5.74, 6) is -0.891. The van der Waals surface area contributed by atoms with Crippen molar-refractivity contribution in [3.8, 4) is 0 Å². The van der Waals surface area contributed by atoms with E-state index in [-0.39, 0.29) is 41.1 Å². The molecule has 2 fully saturated rings. The number of nitrogens with one attached hydrogen (secondary N) is 3. The normalized spacial score (nSPS) is 21.3. The van der Waals surface area contributed by atoms with E-state index >= 15 is 0 Å². The molecule has 1 aromatic carbocycles. The third-order valence-corrected chi connectivity index (χ3v) is 8.35. The van der Waals surface area contributed by atoms with Crippen LogP contribution in [-0.4, -0.2) is 76.9 Å². The van der Waals surface area contributed by atoms with Crippen molar-refractivity contribution < 1.29 is 18.3 Å². The molecule has 12 heteroatoms. The first-order valence-electron chi connectivity index (χ1n) is 14.5. The highest BCUT2D eigenvalue weighted by Crippen LogP contribution is 2.32. The number of pyridine rings is 1. The van der Waals surface area contributed by atoms with Gasteiger partial charge in [-0.25, -0.2) is 13.8 Å². The maximum absolute atomic E-state index is 14.9. The molecule has 0 unspecified atom stereocenters. The molecule has 228 valence electrons. The van der Waals surface area contributed by atoms with E-state index in [0.717, 1.165) is 18.5 Å². The van der Waals surface area contributed by atoms with Crippen molar-refractivity contribution in [3.05, 3.63) is 71.3 Å². The monoisotopic (exact) mass is 592 g/mol. The summed E-state index contributed by atoms with van der Waals surface area (Å²) in [6, 6.07) is 4.27. The Morgan fingerprint density at radius 2 is 1.95 bits per heavy atom. The van der Waals surface area contributed by atoms with Crippen LogP contribution in [-0.2, 0) is 9.53 Å². The molecule has 2 aliphatic heterocycles. The number of likely N-dealkylation sites (N-methyl/N-ethyl adjacent to an activating group) is 1. The summed E-state index contributed by atoms with van der Waals surface area (Å²) >= 11 is 0. The second-order valence-electron chi connectivity index (χ2n) is 11.4. The lowest BCUT2D eigenvalue weighted by atomic mass is 9.88. The predicted octanol–water partition coefficient (Wildman–Crippen LogP) is 4.43. The highest BCUT2D eigenvalue weighted by Gasteiger charge is 2.36. The van der Waals surface area contributed by atoms with Gasteiger partial charge < -0.3 is 36.0 Å². The predicted molar refractivity (Wildman–Crippen MR) is 163 cm³/mol. The molecule has 1 amide bonds. The van der Waals surface area contributed by atoms with E-state index in [2.05, 4.69) is 32.1 Å². The fourth-order valence-electron chi connectivity index (χ4n) is 6.13. The number of hydrogen-bond donors (Lipinski definition) is 4. The number of H-pyrrole nitrogens is 1. The van der Waals surface area contributed by atoms with Crippen LogP contribution in [0.4, 0.5) is 26.1 Å². The van der Waals surface area contributed by atoms with Crippen LogP contribution >= 0.6 is 0 Å². The number of carbonyl (C=O) groups excluding carboxylic acids is 1. The molecule has 43 heavy (non-hydrogen) atoms. The van der Waals surface area contributed by atoms with Crippen LogP contribution in [0.1, 0.15) is 49.4 Å². The maximum atomic E-state index is 14.9. The van der Waals surface area contributed by atoms with Crippen LogP contribution in [0.2, 0.25) is 0 Å². The third-order valence-electron chi connectivity index (χ3n) is 8.35. The smallest absolute Gasteiger partial charge is 0.219 e. The number of aromatic amines is 1. The summed E-state index contributed by atoms with van der Waals surface area (Å²) in [7, 11) is 1.79. The number of halogens is 2. The molecule has 3 aromatic rings. The van der Waals surface area contributed by atoms with Gasteiger partial charge in [0.25, 0.3) is 0 Å². The minimum absolute atomic E-state index is 0.0106. The number of aromatic nitrogens is 3. The average Bonchev–Trinajstić information content (AvgIpc) is 3.43. The van der Waals surface area contributed by atoms with Crippen molar-refractivity contribution in [2.24, 2.45) is 11.7 Å². The molecule has 0 spiro atoms. The van der Waals surface area contributed by atoms with Crippen LogP contribution in [0.3, 0.4) is 0 Å². The number of imidazole rings is 1. The molecular formula is C31H38F2N8O2. The maximum Gasteiger partial charge on any atom is 0.219 e. The number of ether oxygens (including phenoxy) is 1. The Balaban J connectivity index is 1.26. The zero-order chi connectivity index (χ0) is 30.7. The quantitative estimate of drug-likeness (QED) is 0.284. The fraction of sp³-hybridized carbons (Fsp3) is 0.419. The Hall–Kier alpha value is -4.16. The van der Waals surface area contributed by atoms with E-state index in [9.17, 15) is 13.6 Å². The number of piperidine rings is 1. The average molecular weight is 593 g/mol. The lowest BCUT2D eigenvalue weighted by molar-refractivity contribution is -0.131. The Morgan fingerprint density at radius 3 is 2.63 bits per heavy atom. The Bertz CT molecular complexity index is 1470. The minimum Gasteiger partial charge on any atom is -0.381 e. The number of carbonyl (C=O) groups is 1. The second kappa shape index (κ2) is 13.0. The first-order chi connectivity index (χ1) is 20.6. The second-order valence-corrected chi connectivity index (χ2v) is 11.4. The molecule has 2 aromatic heterocycles. The van der Waals surface area contributed by atoms with E-state index in [4.69, 9.17) is 15.9 Å². The van der Waals surface area contributed by atoms with Crippen LogP contribution < -0.4 is 16.0 Å². The number of amides is 1. The molecule has 0 saturated carbocycles. The van der Waals surface area contributed by atoms with E-state index < -0.39 is 11.6 Å². The van der Waals surface area contributed by atoms with Gasteiger partial charge in [-0.2, -0.15) is 0 Å². The van der Waals surface area contributed by atoms with Crippen LogP contribution in [0.25, 0.3) is 6.08 Å². The summed E-state index contributed by atoms with van der Waals surface area (Å²) < 4.78 is 35.2. The lowest BCUT2D eigenvalue weighted by Gasteiger charge is -2.46. The Morgan fingerprint density at radius 1 is 1.23 bits per heavy atom. The molecule has 10 nitrogen and oxygen atoms in total. The van der Waals surface area contributed by atoms with Gasteiger partial charge in [0, 0.05) is 52.5 Å². The summed E-state index contributed by atoms with van der Waals surface area (Å²) in [5, 5.41) is 11.6. The standard InChI is InChI=1S/C31H38F2N8O2/c1-18-16-41(17-26(35)30(18)40(3)19(2)42)28-6-9-36-15-27(28)39-31-37-14-22(38-31)4-5-25(34)29-23(32)12-21(13-24(29)33)20-7-10-43-11-8-20/h4-6,9,12-15,18,20,26,30,34H,7-8,10-11,16-17,35H2,1-3H3,(H2,37,38,39)/b5-4-,34-25?/t18-,26+,30-/m0/s1. The fourth-order valence-corrected chi connectivity index (χ4v) is 6.13. The molecule has 2 aliphatic rings. The van der Waals surface area contributed by atoms with Gasteiger partial charge >= 0.3 is 0 Å². The summed E-state index contributed by atoms with van der Waals surface area (Å²) in [6.07, 6.45) is 9.29. The molecule has 0 bridgehead atoms. The van der Waals surface area contributed by atoms with Gasteiger partial charge in [-0.1, -0.05) is 6.92 Å². The largest absolute Gasteiger partial charge is 0.381 e. The van der Waals surface area contributed by atoms with Gasteiger partial charge in [0.15, 0.2) is 0 Å². The van der Waals surface area contributed by atoms with Gasteiger partial charge in [0.2, 0.25) is 11.9 Å². The van der Waals surface area contributed by atoms with Gasteiger partial charge in [-0.05, 0) is 60.6 Å². The zero-order valence-electron chi connectivity index (χ0n) is 24.6. The van der Waals surface area contributed by atoms with Crippen LogP contribution in [0.15, 0.2) is 42.9 Å². The topological polar surface area (TPSA) is 136 Å². The molecule has 0 radical (unpaired) electrons. The van der Waals surface area contributed by atoms with Crippen molar-refractivity contribution in [2.75, 3.05) is 43.6 Å². The van der Waals surface area contributed by atoms with E-state index in [0.29, 0.717) is 49.2 Å². The Labute approximate surface area is 249 Å². The number of nitrogens with zero attached hydrogens (tertiary/aromatic N) is 4. The summed E-state index contributed by atoms with van der Waals surface area (Å²) in [5.41, 5.74) is 8.64. The molecule has 5 N–H and O–H groups in total. The van der Waals surface area contributed by atoms with Crippen LogP contribution in [0, 0.1) is 23.0 Å². The van der Waals surface area contributed by atoms with Crippen molar-refractivity contribution in [1.29, 1.82) is 5.41 Å². The van der Waals surface area contributed by atoms with Gasteiger partial charge in [-0.3, -0.25) is 9.78 Å². The summed E-state index contributed by atoms with van der Waals surface area (Å²) in [4.78, 5) is 27.6. The lowest BCUT2D eigenvalue weighted by Crippen LogP contribution is -2.62. The van der Waals surface area contributed by atoms with Gasteiger partial charge in [-0.15, -0.1) is 0 Å². The Kier molecular flexibility index (Phi) is 9.16. The van der Waals surface area contributed by atoms with Gasteiger partial charge in [0.1, 0.15) is 11.6 Å². The molecule has 3 atom stereocenters. The molecule has 4 heterocycles. The SMILES string of the molecule is CC(=O)N(C)[C@@H]1[C@H](N)CN(c2ccncc2Nc2ncc(/C=C\C(=N)c3c(F)cc(C4CCOCC4)cc3F)[nH]2)C[C@@H]1C.